The van der Waals surface area contributed by atoms with Crippen LogP contribution in [0.2, 0.25) is 0 Å². The molecule has 0 aliphatic rings. The highest BCUT2D eigenvalue weighted by Gasteiger charge is 2.36. The van der Waals surface area contributed by atoms with Gasteiger partial charge in [0, 0.05) is 0 Å². The first kappa shape index (κ1) is 10.6. The van der Waals surface area contributed by atoms with Gasteiger partial charge in [-0.05, 0) is 0 Å². The van der Waals surface area contributed by atoms with Gasteiger partial charge >= 0.3 is 12.3 Å². The molecule has 0 aromatic heterocycles. The molecule has 0 heterocycles. The van der Waals surface area contributed by atoms with Crippen LogP contribution in [0.15, 0.2) is 0 Å². The number of ether oxygens (including phenoxy) is 1. The lowest BCUT2D eigenvalue weighted by Crippen LogP contribution is -2.31. The normalized spacial score (nSPS) is 13.6. The Hall–Kier alpha value is -0.430. The van der Waals surface area contributed by atoms with Gasteiger partial charge in [0.1, 0.15) is 13.2 Å². The Balaban J connectivity index is 3.70. The molecule has 0 saturated carbocycles. The van der Waals surface area contributed by atoms with E-state index in [4.69, 9.17) is 5.11 Å². The van der Waals surface area contributed by atoms with E-state index in [1.54, 1.807) is 0 Å². The second kappa shape index (κ2) is 3.31. The van der Waals surface area contributed by atoms with E-state index in [9.17, 15) is 22.0 Å². The number of halogens is 5. The zero-order valence-corrected chi connectivity index (χ0v) is 5.16. The third-order valence-electron chi connectivity index (χ3n) is 0.631. The highest BCUT2D eigenvalue weighted by Crippen LogP contribution is 2.21. The van der Waals surface area contributed by atoms with E-state index in [-0.39, 0.29) is 0 Å². The number of alkyl halides is 5. The molecule has 2 nitrogen and oxygen atoms in total. The Morgan fingerprint density at radius 1 is 1.09 bits per heavy atom. The highest BCUT2D eigenvalue weighted by atomic mass is 19.4. The van der Waals surface area contributed by atoms with Crippen molar-refractivity contribution in [2.45, 2.75) is 12.3 Å². The van der Waals surface area contributed by atoms with E-state index in [0.29, 0.717) is 0 Å². The second-order valence-corrected chi connectivity index (χ2v) is 1.70. The third kappa shape index (κ3) is 5.99. The molecule has 1 N–H and O–H groups in total. The van der Waals surface area contributed by atoms with E-state index in [0.717, 1.165) is 0 Å². The molecule has 0 unspecified atom stereocenters. The molecule has 0 rings (SSSR count). The Kier molecular flexibility index (Phi) is 3.18. The first-order chi connectivity index (χ1) is 4.77. The Bertz CT molecular complexity index is 120. The molecule has 0 bridgehead atoms. The summed E-state index contributed by atoms with van der Waals surface area (Å²) < 4.78 is 60.0. The van der Waals surface area contributed by atoms with Crippen molar-refractivity contribution in [3.8, 4) is 0 Å². The Morgan fingerprint density at radius 3 is 1.82 bits per heavy atom. The average Bonchev–Trinajstić information content (AvgIpc) is 1.83. The fraction of sp³-hybridized carbons (Fsp3) is 1.00. The van der Waals surface area contributed by atoms with Crippen molar-refractivity contribution in [1.82, 2.24) is 0 Å². The predicted octanol–water partition coefficient (Wildman–Crippen LogP) is 1.15. The monoisotopic (exact) mass is 180 g/mol. The molecule has 11 heavy (non-hydrogen) atoms. The van der Waals surface area contributed by atoms with Gasteiger partial charge in [0.05, 0.1) is 0 Å². The van der Waals surface area contributed by atoms with Crippen LogP contribution in [0, 0.1) is 0 Å². The molecular formula is C4H5F5O2. The minimum absolute atomic E-state index is 1.76. The maximum absolute atomic E-state index is 11.7. The molecule has 0 radical (unpaired) electrons. The maximum atomic E-state index is 11.7. The second-order valence-electron chi connectivity index (χ2n) is 1.70. The summed E-state index contributed by atoms with van der Waals surface area (Å²) in [6, 6.07) is 0. The van der Waals surface area contributed by atoms with Gasteiger partial charge in [-0.25, -0.2) is 0 Å². The molecule has 0 fully saturated rings. The van der Waals surface area contributed by atoms with Gasteiger partial charge in [0.25, 0.3) is 0 Å². The molecule has 0 aromatic carbocycles. The summed E-state index contributed by atoms with van der Waals surface area (Å²) in [6.45, 7) is -3.83. The van der Waals surface area contributed by atoms with E-state index >= 15 is 0 Å². The average molecular weight is 180 g/mol. The predicted molar refractivity (Wildman–Crippen MR) is 24.0 cm³/mol. The van der Waals surface area contributed by atoms with Gasteiger partial charge in [-0.3, -0.25) is 0 Å². The van der Waals surface area contributed by atoms with Crippen molar-refractivity contribution in [2.75, 3.05) is 13.2 Å². The summed E-state index contributed by atoms with van der Waals surface area (Å²) >= 11 is 0. The number of hydrogen-bond donors (Lipinski definition) is 1. The highest BCUT2D eigenvalue weighted by molar-refractivity contribution is 4.52. The van der Waals surface area contributed by atoms with Crippen LogP contribution in [-0.4, -0.2) is 30.6 Å². The van der Waals surface area contributed by atoms with Gasteiger partial charge < -0.3 is 9.84 Å². The van der Waals surface area contributed by atoms with Crippen molar-refractivity contribution in [3.05, 3.63) is 0 Å². The van der Waals surface area contributed by atoms with Gasteiger partial charge in [-0.15, -0.1) is 0 Å². The molecule has 0 aromatic rings. The van der Waals surface area contributed by atoms with Crippen molar-refractivity contribution in [1.29, 1.82) is 0 Å². The van der Waals surface area contributed by atoms with Gasteiger partial charge in [-0.2, -0.15) is 22.0 Å². The first-order valence-electron chi connectivity index (χ1n) is 2.46. The number of hydrogen-bond acceptors (Lipinski definition) is 2. The van der Waals surface area contributed by atoms with Gasteiger partial charge in [0.15, 0.2) is 0 Å². The Labute approximate surface area is 58.6 Å². The first-order valence-corrected chi connectivity index (χ1v) is 2.46. The van der Waals surface area contributed by atoms with Crippen molar-refractivity contribution < 1.29 is 31.8 Å². The van der Waals surface area contributed by atoms with Crippen LogP contribution >= 0.6 is 0 Å². The van der Waals surface area contributed by atoms with E-state index in [1.165, 1.54) is 0 Å². The topological polar surface area (TPSA) is 29.5 Å². The minimum atomic E-state index is -4.81. The Morgan fingerprint density at radius 2 is 1.55 bits per heavy atom. The standard InChI is InChI=1S/C4H5F5O2/c5-3(6,7)2-11-4(8,9)1-10/h10H,1-2H2. The smallest absolute Gasteiger partial charge is 0.387 e. The zero-order chi connectivity index (χ0) is 9.12. The van der Waals surface area contributed by atoms with Gasteiger partial charge in [-0.1, -0.05) is 0 Å². The summed E-state index contributed by atoms with van der Waals surface area (Å²) in [4.78, 5) is 0. The molecule has 0 atom stereocenters. The van der Waals surface area contributed by atoms with Crippen molar-refractivity contribution in [2.24, 2.45) is 0 Å². The lowest BCUT2D eigenvalue weighted by Gasteiger charge is -2.14. The summed E-state index contributed by atoms with van der Waals surface area (Å²) in [5.41, 5.74) is 0. The number of aliphatic hydroxyl groups excluding tert-OH is 1. The summed E-state index contributed by atoms with van der Waals surface area (Å²) in [7, 11) is 0. The van der Waals surface area contributed by atoms with Crippen LogP contribution in [0.25, 0.3) is 0 Å². The molecule has 7 heteroatoms. The molecule has 0 spiro atoms. The van der Waals surface area contributed by atoms with E-state index < -0.39 is 25.5 Å². The molecular weight excluding hydrogens is 175 g/mol. The largest absolute Gasteiger partial charge is 0.412 e. The fourth-order valence-corrected chi connectivity index (χ4v) is 0.233. The summed E-state index contributed by atoms with van der Waals surface area (Å²) in [6.07, 6.45) is -8.92. The number of rotatable bonds is 3. The summed E-state index contributed by atoms with van der Waals surface area (Å²) in [5, 5.41) is 7.75. The number of aliphatic hydroxyl groups is 1. The maximum Gasteiger partial charge on any atom is 0.412 e. The van der Waals surface area contributed by atoms with Crippen LogP contribution in [-0.2, 0) is 4.74 Å². The minimum Gasteiger partial charge on any atom is -0.387 e. The van der Waals surface area contributed by atoms with E-state index in [1.807, 2.05) is 0 Å². The summed E-state index contributed by atoms with van der Waals surface area (Å²) in [5.74, 6) is 0. The van der Waals surface area contributed by atoms with Crippen molar-refractivity contribution >= 4 is 0 Å². The zero-order valence-electron chi connectivity index (χ0n) is 5.16. The lowest BCUT2D eigenvalue weighted by atomic mass is 10.6. The fourth-order valence-electron chi connectivity index (χ4n) is 0.233. The van der Waals surface area contributed by atoms with Crippen LogP contribution in [0.4, 0.5) is 22.0 Å². The van der Waals surface area contributed by atoms with E-state index in [2.05, 4.69) is 4.74 Å². The van der Waals surface area contributed by atoms with Gasteiger partial charge in [0.2, 0.25) is 0 Å². The molecule has 0 saturated heterocycles. The lowest BCUT2D eigenvalue weighted by molar-refractivity contribution is -0.299. The van der Waals surface area contributed by atoms with Crippen LogP contribution in [0.5, 0.6) is 0 Å². The van der Waals surface area contributed by atoms with Crippen LogP contribution in [0.3, 0.4) is 0 Å². The molecule has 0 aliphatic carbocycles. The quantitative estimate of drug-likeness (QED) is 0.660. The van der Waals surface area contributed by atoms with Crippen LogP contribution < -0.4 is 0 Å². The SMILES string of the molecule is OCC(F)(F)OCC(F)(F)F. The molecule has 68 valence electrons. The van der Waals surface area contributed by atoms with Crippen LogP contribution in [0.1, 0.15) is 0 Å². The third-order valence-corrected chi connectivity index (χ3v) is 0.631. The van der Waals surface area contributed by atoms with Crippen molar-refractivity contribution in [3.63, 3.8) is 0 Å². The molecule has 0 aliphatic heterocycles. The molecule has 0 amide bonds.